The summed E-state index contributed by atoms with van der Waals surface area (Å²) in [4.78, 5) is 0. The summed E-state index contributed by atoms with van der Waals surface area (Å²) >= 11 is 3.40. The highest BCUT2D eigenvalue weighted by Gasteiger charge is 2.15. The van der Waals surface area contributed by atoms with Crippen LogP contribution in [0, 0.1) is 11.6 Å². The van der Waals surface area contributed by atoms with Gasteiger partial charge in [0.05, 0.1) is 6.04 Å². The minimum atomic E-state index is -0.602. The lowest BCUT2D eigenvalue weighted by molar-refractivity contribution is 0.562. The highest BCUT2D eigenvalue weighted by Crippen LogP contribution is 2.27. The minimum absolute atomic E-state index is 0.198. The van der Waals surface area contributed by atoms with Crippen LogP contribution in [-0.4, -0.2) is 6.54 Å². The Kier molecular flexibility index (Phi) is 4.50. The first-order valence-corrected chi connectivity index (χ1v) is 6.57. The second-order valence-corrected chi connectivity index (χ2v) is 4.93. The Labute approximate surface area is 118 Å². The Bertz CT molecular complexity index is 575. The zero-order chi connectivity index (χ0) is 13.8. The molecule has 0 aliphatic carbocycles. The maximum absolute atomic E-state index is 13.7. The van der Waals surface area contributed by atoms with Crippen LogP contribution in [0.15, 0.2) is 46.9 Å². The molecular formula is C14H13BrF2N2. The summed E-state index contributed by atoms with van der Waals surface area (Å²) in [6, 6.07) is 10.5. The van der Waals surface area contributed by atoms with Crippen molar-refractivity contribution in [2.24, 2.45) is 5.73 Å². The van der Waals surface area contributed by atoms with Gasteiger partial charge in [-0.2, -0.15) is 0 Å². The van der Waals surface area contributed by atoms with E-state index in [-0.39, 0.29) is 6.54 Å². The van der Waals surface area contributed by atoms with Crippen molar-refractivity contribution in [2.45, 2.75) is 6.04 Å². The zero-order valence-electron chi connectivity index (χ0n) is 10.0. The smallest absolute Gasteiger partial charge is 0.131 e. The second-order valence-electron chi connectivity index (χ2n) is 4.08. The van der Waals surface area contributed by atoms with E-state index in [2.05, 4.69) is 21.2 Å². The number of hydrogen-bond donors (Lipinski definition) is 2. The van der Waals surface area contributed by atoms with Gasteiger partial charge in [0.15, 0.2) is 0 Å². The molecule has 100 valence electrons. The van der Waals surface area contributed by atoms with Gasteiger partial charge in [-0.15, -0.1) is 0 Å². The van der Waals surface area contributed by atoms with E-state index in [1.54, 1.807) is 0 Å². The van der Waals surface area contributed by atoms with Crippen LogP contribution in [0.25, 0.3) is 0 Å². The molecule has 2 aromatic rings. The first-order valence-electron chi connectivity index (χ1n) is 5.78. The monoisotopic (exact) mass is 326 g/mol. The maximum atomic E-state index is 13.7. The SMILES string of the molecule is NCC(Nc1ccccc1Br)c1ccc(F)cc1F. The fourth-order valence-electron chi connectivity index (χ4n) is 1.81. The van der Waals surface area contributed by atoms with Crippen LogP contribution in [0.5, 0.6) is 0 Å². The largest absolute Gasteiger partial charge is 0.376 e. The van der Waals surface area contributed by atoms with Crippen LogP contribution >= 0.6 is 15.9 Å². The predicted octanol–water partition coefficient (Wildman–Crippen LogP) is 3.84. The highest BCUT2D eigenvalue weighted by molar-refractivity contribution is 9.10. The van der Waals surface area contributed by atoms with Crippen molar-refractivity contribution in [3.63, 3.8) is 0 Å². The maximum Gasteiger partial charge on any atom is 0.131 e. The predicted molar refractivity (Wildman–Crippen MR) is 75.9 cm³/mol. The van der Waals surface area contributed by atoms with E-state index in [4.69, 9.17) is 5.73 Å². The van der Waals surface area contributed by atoms with Gasteiger partial charge < -0.3 is 11.1 Å². The molecule has 0 amide bonds. The van der Waals surface area contributed by atoms with E-state index >= 15 is 0 Å². The third-order valence-corrected chi connectivity index (χ3v) is 3.47. The Hall–Kier alpha value is -1.46. The van der Waals surface area contributed by atoms with Crippen LogP contribution < -0.4 is 11.1 Å². The van der Waals surface area contributed by atoms with Gasteiger partial charge in [-0.25, -0.2) is 8.78 Å². The lowest BCUT2D eigenvalue weighted by atomic mass is 10.1. The summed E-state index contributed by atoms with van der Waals surface area (Å²) < 4.78 is 27.5. The molecule has 2 rings (SSSR count). The van der Waals surface area contributed by atoms with Gasteiger partial charge in [-0.3, -0.25) is 0 Å². The fraction of sp³-hybridized carbons (Fsp3) is 0.143. The summed E-state index contributed by atoms with van der Waals surface area (Å²) in [6.45, 7) is 0.198. The van der Waals surface area contributed by atoms with Crippen LogP contribution in [0.3, 0.4) is 0 Å². The third kappa shape index (κ3) is 3.30. The van der Waals surface area contributed by atoms with E-state index in [9.17, 15) is 8.78 Å². The van der Waals surface area contributed by atoms with Crippen molar-refractivity contribution in [1.29, 1.82) is 0 Å². The van der Waals surface area contributed by atoms with Crippen molar-refractivity contribution in [3.8, 4) is 0 Å². The molecule has 0 saturated carbocycles. The molecule has 0 aromatic heterocycles. The first kappa shape index (κ1) is 14.0. The number of para-hydroxylation sites is 1. The topological polar surface area (TPSA) is 38.0 Å². The molecule has 0 saturated heterocycles. The van der Waals surface area contributed by atoms with Gasteiger partial charge in [-0.1, -0.05) is 18.2 Å². The average Bonchev–Trinajstić information content (AvgIpc) is 2.39. The van der Waals surface area contributed by atoms with Crippen LogP contribution in [-0.2, 0) is 0 Å². The second kappa shape index (κ2) is 6.12. The van der Waals surface area contributed by atoms with Crippen molar-refractivity contribution < 1.29 is 8.78 Å². The molecule has 1 atom stereocenters. The van der Waals surface area contributed by atoms with E-state index < -0.39 is 17.7 Å². The summed E-state index contributed by atoms with van der Waals surface area (Å²) in [5.41, 5.74) is 6.83. The molecule has 0 heterocycles. The van der Waals surface area contributed by atoms with Crippen LogP contribution in [0.2, 0.25) is 0 Å². The number of nitrogens with two attached hydrogens (primary N) is 1. The number of halogens is 3. The summed E-state index contributed by atoms with van der Waals surface area (Å²) in [6.07, 6.45) is 0. The Morgan fingerprint density at radius 2 is 1.89 bits per heavy atom. The standard InChI is InChI=1S/C14H13BrF2N2/c15-11-3-1-2-4-13(11)19-14(8-18)10-6-5-9(16)7-12(10)17/h1-7,14,19H,8,18H2. The number of nitrogens with one attached hydrogen (secondary N) is 1. The van der Waals surface area contributed by atoms with Gasteiger partial charge in [0.25, 0.3) is 0 Å². The van der Waals surface area contributed by atoms with Gasteiger partial charge in [-0.05, 0) is 34.1 Å². The molecule has 2 nitrogen and oxygen atoms in total. The Balaban J connectivity index is 2.28. The van der Waals surface area contributed by atoms with Gasteiger partial charge in [0, 0.05) is 28.3 Å². The highest BCUT2D eigenvalue weighted by atomic mass is 79.9. The number of anilines is 1. The third-order valence-electron chi connectivity index (χ3n) is 2.78. The number of benzene rings is 2. The number of hydrogen-bond acceptors (Lipinski definition) is 2. The quantitative estimate of drug-likeness (QED) is 0.895. The molecule has 19 heavy (non-hydrogen) atoms. The van der Waals surface area contributed by atoms with Crippen LogP contribution in [0.1, 0.15) is 11.6 Å². The summed E-state index contributed by atoms with van der Waals surface area (Å²) in [7, 11) is 0. The molecule has 0 spiro atoms. The molecular weight excluding hydrogens is 314 g/mol. The van der Waals surface area contributed by atoms with Crippen LogP contribution in [0.4, 0.5) is 14.5 Å². The van der Waals surface area contributed by atoms with Gasteiger partial charge in [0.1, 0.15) is 11.6 Å². The van der Waals surface area contributed by atoms with Gasteiger partial charge >= 0.3 is 0 Å². The van der Waals surface area contributed by atoms with Crippen molar-refractivity contribution in [3.05, 3.63) is 64.1 Å². The molecule has 1 unspecified atom stereocenters. The minimum Gasteiger partial charge on any atom is -0.376 e. The normalized spacial score (nSPS) is 12.2. The molecule has 5 heteroatoms. The molecule has 0 aliphatic heterocycles. The number of rotatable bonds is 4. The molecule has 0 radical (unpaired) electrons. The first-order chi connectivity index (χ1) is 9.11. The summed E-state index contributed by atoms with van der Waals surface area (Å²) in [5, 5.41) is 3.14. The molecule has 3 N–H and O–H groups in total. The summed E-state index contributed by atoms with van der Waals surface area (Å²) in [5.74, 6) is -1.20. The lowest BCUT2D eigenvalue weighted by Gasteiger charge is -2.20. The lowest BCUT2D eigenvalue weighted by Crippen LogP contribution is -2.22. The zero-order valence-corrected chi connectivity index (χ0v) is 11.6. The molecule has 0 bridgehead atoms. The van der Waals surface area contributed by atoms with Crippen molar-refractivity contribution in [2.75, 3.05) is 11.9 Å². The Morgan fingerprint density at radius 1 is 1.16 bits per heavy atom. The van der Waals surface area contributed by atoms with E-state index in [0.29, 0.717) is 5.56 Å². The average molecular weight is 327 g/mol. The molecule has 0 fully saturated rings. The van der Waals surface area contributed by atoms with E-state index in [0.717, 1.165) is 16.2 Å². The van der Waals surface area contributed by atoms with E-state index in [1.165, 1.54) is 12.1 Å². The Morgan fingerprint density at radius 3 is 2.53 bits per heavy atom. The van der Waals surface area contributed by atoms with Gasteiger partial charge in [0.2, 0.25) is 0 Å². The van der Waals surface area contributed by atoms with Crippen molar-refractivity contribution >= 4 is 21.6 Å². The molecule has 0 aliphatic rings. The fourth-order valence-corrected chi connectivity index (χ4v) is 2.21. The molecule has 2 aromatic carbocycles. The van der Waals surface area contributed by atoms with Crippen molar-refractivity contribution in [1.82, 2.24) is 0 Å². The van der Waals surface area contributed by atoms with E-state index in [1.807, 2.05) is 24.3 Å².